The van der Waals surface area contributed by atoms with Gasteiger partial charge in [-0.2, -0.15) is 0 Å². The molecular formula is C25H23N3O2S. The zero-order chi connectivity index (χ0) is 21.2. The molecule has 3 aromatic carbocycles. The highest BCUT2D eigenvalue weighted by molar-refractivity contribution is 7.99. The molecule has 5 rings (SSSR count). The molecule has 0 aliphatic carbocycles. The molecule has 0 saturated carbocycles. The quantitative estimate of drug-likeness (QED) is 0.456. The van der Waals surface area contributed by atoms with Gasteiger partial charge in [-0.15, -0.1) is 0 Å². The van der Waals surface area contributed by atoms with Crippen LogP contribution in [-0.4, -0.2) is 42.8 Å². The number of amides is 1. The first-order chi connectivity index (χ1) is 15.2. The SMILES string of the molecule is Cc1ccc(N=C(C(=O)N2CCOCC2)c2cccc3c2Nc2ccccc2S3)cc1. The minimum absolute atomic E-state index is 0.0667. The Labute approximate surface area is 186 Å². The number of benzene rings is 3. The maximum Gasteiger partial charge on any atom is 0.273 e. The van der Waals surface area contributed by atoms with Crippen LogP contribution in [0, 0.1) is 6.92 Å². The fourth-order valence-corrected chi connectivity index (χ4v) is 4.76. The molecular weight excluding hydrogens is 406 g/mol. The van der Waals surface area contributed by atoms with E-state index in [4.69, 9.17) is 9.73 Å². The van der Waals surface area contributed by atoms with Gasteiger partial charge in [0.15, 0.2) is 0 Å². The van der Waals surface area contributed by atoms with Crippen molar-refractivity contribution < 1.29 is 9.53 Å². The minimum atomic E-state index is -0.0667. The topological polar surface area (TPSA) is 53.9 Å². The van der Waals surface area contributed by atoms with Crippen molar-refractivity contribution in [2.24, 2.45) is 4.99 Å². The standard InChI is InChI=1S/C25H23N3O2S/c1-17-9-11-18(12-10-17)26-24(25(29)28-13-15-30-16-14-28)19-5-4-8-22-23(19)27-20-6-2-3-7-21(20)31-22/h2-12,27H,13-16H2,1H3. The van der Waals surface area contributed by atoms with Gasteiger partial charge in [0, 0.05) is 28.4 Å². The number of nitrogens with zero attached hydrogens (tertiary/aromatic N) is 2. The van der Waals surface area contributed by atoms with Crippen molar-refractivity contribution in [3.8, 4) is 0 Å². The van der Waals surface area contributed by atoms with Gasteiger partial charge in [0.1, 0.15) is 5.71 Å². The largest absolute Gasteiger partial charge is 0.378 e. The van der Waals surface area contributed by atoms with Gasteiger partial charge in [-0.25, -0.2) is 4.99 Å². The molecule has 1 saturated heterocycles. The van der Waals surface area contributed by atoms with Gasteiger partial charge >= 0.3 is 0 Å². The average molecular weight is 430 g/mol. The van der Waals surface area contributed by atoms with Crippen LogP contribution < -0.4 is 5.32 Å². The van der Waals surface area contributed by atoms with Crippen LogP contribution in [0.1, 0.15) is 11.1 Å². The highest BCUT2D eigenvalue weighted by atomic mass is 32.2. The highest BCUT2D eigenvalue weighted by Gasteiger charge is 2.28. The van der Waals surface area contributed by atoms with E-state index in [1.165, 1.54) is 4.90 Å². The summed E-state index contributed by atoms with van der Waals surface area (Å²) < 4.78 is 5.45. The van der Waals surface area contributed by atoms with Crippen molar-refractivity contribution in [2.75, 3.05) is 31.6 Å². The van der Waals surface area contributed by atoms with E-state index < -0.39 is 0 Å². The van der Waals surface area contributed by atoms with Crippen LogP contribution in [0.25, 0.3) is 0 Å². The third kappa shape index (κ3) is 4.09. The van der Waals surface area contributed by atoms with E-state index >= 15 is 0 Å². The van der Waals surface area contributed by atoms with Gasteiger partial charge in [0.05, 0.1) is 30.3 Å². The number of aryl methyl sites for hydroxylation is 1. The summed E-state index contributed by atoms with van der Waals surface area (Å²) in [6.07, 6.45) is 0. The molecule has 156 valence electrons. The van der Waals surface area contributed by atoms with Crippen molar-refractivity contribution in [2.45, 2.75) is 16.7 Å². The first-order valence-electron chi connectivity index (χ1n) is 10.4. The molecule has 0 radical (unpaired) electrons. The Balaban J connectivity index is 1.60. The van der Waals surface area contributed by atoms with E-state index in [1.54, 1.807) is 11.8 Å². The average Bonchev–Trinajstić information content (AvgIpc) is 2.82. The first kappa shape index (κ1) is 19.8. The lowest BCUT2D eigenvalue weighted by Crippen LogP contribution is -2.44. The third-order valence-corrected chi connectivity index (χ3v) is 6.56. The van der Waals surface area contributed by atoms with Crippen LogP contribution in [0.3, 0.4) is 0 Å². The Kier molecular flexibility index (Phi) is 5.49. The molecule has 0 bridgehead atoms. The zero-order valence-corrected chi connectivity index (χ0v) is 18.1. The smallest absolute Gasteiger partial charge is 0.273 e. The summed E-state index contributed by atoms with van der Waals surface area (Å²) >= 11 is 1.71. The lowest BCUT2D eigenvalue weighted by molar-refractivity contribution is -0.127. The van der Waals surface area contributed by atoms with Crippen molar-refractivity contribution in [1.82, 2.24) is 4.90 Å². The molecule has 1 fully saturated rings. The van der Waals surface area contributed by atoms with E-state index in [0.29, 0.717) is 32.0 Å². The Morgan fingerprint density at radius 3 is 2.52 bits per heavy atom. The number of rotatable bonds is 3. The number of anilines is 2. The van der Waals surface area contributed by atoms with Gasteiger partial charge in [-0.1, -0.05) is 53.7 Å². The number of ether oxygens (including phenoxy) is 1. The van der Waals surface area contributed by atoms with Crippen LogP contribution in [0.2, 0.25) is 0 Å². The van der Waals surface area contributed by atoms with Crippen molar-refractivity contribution in [3.63, 3.8) is 0 Å². The van der Waals surface area contributed by atoms with E-state index in [2.05, 4.69) is 23.5 Å². The third-order valence-electron chi connectivity index (χ3n) is 5.42. The zero-order valence-electron chi connectivity index (χ0n) is 17.3. The summed E-state index contributed by atoms with van der Waals surface area (Å²) in [6.45, 7) is 4.30. The predicted molar refractivity (Wildman–Crippen MR) is 125 cm³/mol. The molecule has 0 atom stereocenters. The Morgan fingerprint density at radius 1 is 0.968 bits per heavy atom. The molecule has 1 N–H and O–H groups in total. The molecule has 0 aromatic heterocycles. The summed E-state index contributed by atoms with van der Waals surface area (Å²) in [5.74, 6) is -0.0667. The van der Waals surface area contributed by atoms with E-state index in [9.17, 15) is 4.79 Å². The van der Waals surface area contributed by atoms with Crippen molar-refractivity contribution in [1.29, 1.82) is 0 Å². The number of aliphatic imine (C=N–C) groups is 1. The minimum Gasteiger partial charge on any atom is -0.378 e. The normalized spacial score (nSPS) is 15.6. The molecule has 2 aliphatic heterocycles. The second kappa shape index (κ2) is 8.57. The summed E-state index contributed by atoms with van der Waals surface area (Å²) in [7, 11) is 0. The number of hydrogen-bond acceptors (Lipinski definition) is 5. The Morgan fingerprint density at radius 2 is 1.71 bits per heavy atom. The molecule has 5 nitrogen and oxygen atoms in total. The summed E-state index contributed by atoms with van der Waals surface area (Å²) in [4.78, 5) is 22.5. The van der Waals surface area contributed by atoms with Crippen LogP contribution >= 0.6 is 11.8 Å². The van der Waals surface area contributed by atoms with E-state index in [0.717, 1.165) is 33.1 Å². The number of para-hydroxylation sites is 2. The second-order valence-electron chi connectivity index (χ2n) is 7.60. The van der Waals surface area contributed by atoms with E-state index in [1.807, 2.05) is 60.4 Å². The van der Waals surface area contributed by atoms with Crippen LogP contribution in [-0.2, 0) is 9.53 Å². The number of morpholine rings is 1. The Hall–Kier alpha value is -3.09. The Bertz CT molecular complexity index is 1150. The maximum absolute atomic E-state index is 13.6. The number of carbonyl (C=O) groups excluding carboxylic acids is 1. The van der Waals surface area contributed by atoms with Crippen molar-refractivity contribution in [3.05, 3.63) is 77.9 Å². The fraction of sp³-hybridized carbons (Fsp3) is 0.200. The molecule has 0 spiro atoms. The van der Waals surface area contributed by atoms with Gasteiger partial charge in [0.2, 0.25) is 0 Å². The van der Waals surface area contributed by atoms with Gasteiger partial charge in [-0.05, 0) is 37.3 Å². The number of carbonyl (C=O) groups is 1. The molecule has 3 aromatic rings. The van der Waals surface area contributed by atoms with Crippen LogP contribution in [0.15, 0.2) is 81.5 Å². The van der Waals surface area contributed by atoms with Gasteiger partial charge in [0.25, 0.3) is 5.91 Å². The fourth-order valence-electron chi connectivity index (χ4n) is 3.74. The van der Waals surface area contributed by atoms with Crippen molar-refractivity contribution >= 4 is 40.4 Å². The second-order valence-corrected chi connectivity index (χ2v) is 8.69. The monoisotopic (exact) mass is 429 g/mol. The number of hydrogen-bond donors (Lipinski definition) is 1. The molecule has 2 heterocycles. The lowest BCUT2D eigenvalue weighted by Gasteiger charge is -2.29. The summed E-state index contributed by atoms with van der Waals surface area (Å²) in [5, 5.41) is 3.55. The molecule has 0 unspecified atom stereocenters. The highest BCUT2D eigenvalue weighted by Crippen LogP contribution is 2.45. The maximum atomic E-state index is 13.6. The molecule has 2 aliphatic rings. The van der Waals surface area contributed by atoms with E-state index in [-0.39, 0.29) is 5.91 Å². The molecule has 1 amide bonds. The summed E-state index contributed by atoms with van der Waals surface area (Å²) in [5.41, 5.74) is 5.17. The van der Waals surface area contributed by atoms with Crippen LogP contribution in [0.4, 0.5) is 17.1 Å². The van der Waals surface area contributed by atoms with Gasteiger partial charge in [-0.3, -0.25) is 4.79 Å². The van der Waals surface area contributed by atoms with Gasteiger partial charge < -0.3 is 15.0 Å². The lowest BCUT2D eigenvalue weighted by atomic mass is 10.0. The molecule has 6 heteroatoms. The predicted octanol–water partition coefficient (Wildman–Crippen LogP) is 5.18. The first-order valence-corrected chi connectivity index (χ1v) is 11.2. The molecule has 31 heavy (non-hydrogen) atoms. The summed E-state index contributed by atoms with van der Waals surface area (Å²) in [6, 6.07) is 22.2. The number of fused-ring (bicyclic) bond motifs is 2. The van der Waals surface area contributed by atoms with Crippen LogP contribution in [0.5, 0.6) is 0 Å². The number of nitrogens with one attached hydrogen (secondary N) is 1.